The van der Waals surface area contributed by atoms with Gasteiger partial charge >= 0.3 is 0 Å². The molecule has 0 fully saturated rings. The Hall–Kier alpha value is -4.59. The van der Waals surface area contributed by atoms with Gasteiger partial charge in [0.25, 0.3) is 11.5 Å². The smallest absolute Gasteiger partial charge is 0.276 e. The zero-order valence-corrected chi connectivity index (χ0v) is 20.1. The molecule has 0 bridgehead atoms. The van der Waals surface area contributed by atoms with Crippen molar-refractivity contribution in [3.05, 3.63) is 101 Å². The lowest BCUT2D eigenvalue weighted by Gasteiger charge is -2.14. The lowest BCUT2D eigenvalue weighted by atomic mass is 10.1. The normalized spacial score (nSPS) is 11.1. The van der Waals surface area contributed by atoms with E-state index in [2.05, 4.69) is 10.3 Å². The number of pyridine rings is 1. The van der Waals surface area contributed by atoms with Crippen molar-refractivity contribution < 1.29 is 14.3 Å². The number of hydrogen-bond acceptors (Lipinski definition) is 5. The number of amides is 1. The summed E-state index contributed by atoms with van der Waals surface area (Å²) in [6.45, 7) is 5.12. The molecule has 0 atom stereocenters. The highest BCUT2D eigenvalue weighted by molar-refractivity contribution is 6.05. The molecule has 0 saturated carbocycles. The van der Waals surface area contributed by atoms with Gasteiger partial charge < -0.3 is 19.2 Å². The van der Waals surface area contributed by atoms with Crippen LogP contribution in [0.25, 0.3) is 16.7 Å². The Balaban J connectivity index is 1.40. The minimum absolute atomic E-state index is 0.120. The quantitative estimate of drug-likeness (QED) is 0.345. The number of rotatable bonds is 8. The number of nitrogens with one attached hydrogen (secondary N) is 1. The summed E-state index contributed by atoms with van der Waals surface area (Å²) in [7, 11) is 0. The maximum atomic E-state index is 13.2. The zero-order valence-electron chi connectivity index (χ0n) is 20.1. The molecule has 8 heteroatoms. The number of nitrogens with zero attached hydrogens (tertiary/aromatic N) is 3. The van der Waals surface area contributed by atoms with Gasteiger partial charge in [0.05, 0.1) is 31.0 Å². The van der Waals surface area contributed by atoms with E-state index in [1.54, 1.807) is 41.1 Å². The second-order valence-corrected chi connectivity index (χ2v) is 8.18. The van der Waals surface area contributed by atoms with Crippen LogP contribution in [0.15, 0.2) is 83.9 Å². The molecule has 3 heterocycles. The molecule has 5 aromatic rings. The number of ether oxygens (including phenoxy) is 2. The van der Waals surface area contributed by atoms with E-state index in [-0.39, 0.29) is 11.5 Å². The maximum absolute atomic E-state index is 13.2. The fraction of sp³-hybridized carbons (Fsp3) is 0.179. The number of benzene rings is 2. The van der Waals surface area contributed by atoms with Crippen LogP contribution in [0.1, 0.15) is 29.8 Å². The van der Waals surface area contributed by atoms with Crippen molar-refractivity contribution in [1.82, 2.24) is 14.0 Å². The first kappa shape index (κ1) is 23.2. The molecule has 5 rings (SSSR count). The van der Waals surface area contributed by atoms with Crippen molar-refractivity contribution >= 4 is 28.3 Å². The second kappa shape index (κ2) is 9.95. The summed E-state index contributed by atoms with van der Waals surface area (Å²) in [5.41, 5.74) is 3.83. The number of aromatic nitrogens is 3. The first-order valence-electron chi connectivity index (χ1n) is 11.8. The van der Waals surface area contributed by atoms with Gasteiger partial charge in [-0.25, -0.2) is 4.98 Å². The molecule has 0 unspecified atom stereocenters. The summed E-state index contributed by atoms with van der Waals surface area (Å²) in [5, 5.41) is 2.92. The van der Waals surface area contributed by atoms with Crippen LogP contribution >= 0.6 is 0 Å². The van der Waals surface area contributed by atoms with Crippen LogP contribution in [-0.4, -0.2) is 33.1 Å². The number of carbonyl (C=O) groups excluding carboxylic acids is 1. The molecular formula is C28H26N4O4. The zero-order chi connectivity index (χ0) is 25.1. The minimum atomic E-state index is -0.268. The highest BCUT2D eigenvalue weighted by atomic mass is 16.5. The van der Waals surface area contributed by atoms with E-state index in [9.17, 15) is 9.59 Å². The molecule has 0 spiro atoms. The fourth-order valence-electron chi connectivity index (χ4n) is 4.21. The van der Waals surface area contributed by atoms with Crippen LogP contribution < -0.4 is 20.3 Å². The third-order valence-electron chi connectivity index (χ3n) is 5.86. The number of fused-ring (bicyclic) bond motifs is 3. The van der Waals surface area contributed by atoms with Gasteiger partial charge in [-0.2, -0.15) is 0 Å². The van der Waals surface area contributed by atoms with Crippen LogP contribution in [0.5, 0.6) is 11.5 Å². The van der Waals surface area contributed by atoms with Crippen molar-refractivity contribution in [3.63, 3.8) is 0 Å². The van der Waals surface area contributed by atoms with Crippen LogP contribution in [0.3, 0.4) is 0 Å². The Morgan fingerprint density at radius 1 is 0.944 bits per heavy atom. The van der Waals surface area contributed by atoms with Gasteiger partial charge in [-0.3, -0.25) is 14.2 Å². The van der Waals surface area contributed by atoms with Gasteiger partial charge in [0, 0.05) is 24.0 Å². The highest BCUT2D eigenvalue weighted by Crippen LogP contribution is 2.30. The Morgan fingerprint density at radius 3 is 2.50 bits per heavy atom. The molecule has 0 radical (unpaired) electrons. The molecule has 182 valence electrons. The van der Waals surface area contributed by atoms with E-state index in [0.29, 0.717) is 53.7 Å². The molecule has 8 nitrogen and oxygen atoms in total. The first-order chi connectivity index (χ1) is 17.6. The molecule has 1 N–H and O–H groups in total. The van der Waals surface area contributed by atoms with Crippen LogP contribution in [0.2, 0.25) is 0 Å². The molecule has 0 aliphatic rings. The highest BCUT2D eigenvalue weighted by Gasteiger charge is 2.14. The predicted molar refractivity (Wildman–Crippen MR) is 139 cm³/mol. The van der Waals surface area contributed by atoms with Gasteiger partial charge in [0.2, 0.25) is 0 Å². The monoisotopic (exact) mass is 482 g/mol. The Bertz CT molecular complexity index is 1600. The van der Waals surface area contributed by atoms with Gasteiger partial charge in [0.1, 0.15) is 17.0 Å². The molecule has 2 aromatic carbocycles. The summed E-state index contributed by atoms with van der Waals surface area (Å²) in [6.07, 6.45) is 3.54. The van der Waals surface area contributed by atoms with Crippen LogP contribution in [-0.2, 0) is 6.54 Å². The minimum Gasteiger partial charge on any atom is -0.494 e. The van der Waals surface area contributed by atoms with Crippen molar-refractivity contribution in [2.45, 2.75) is 20.4 Å². The molecule has 3 aromatic heterocycles. The average molecular weight is 483 g/mol. The summed E-state index contributed by atoms with van der Waals surface area (Å²) < 4.78 is 14.7. The van der Waals surface area contributed by atoms with Crippen molar-refractivity contribution in [1.29, 1.82) is 0 Å². The number of carbonyl (C=O) groups is 1. The topological polar surface area (TPSA) is 86.9 Å². The Kier molecular flexibility index (Phi) is 6.40. The van der Waals surface area contributed by atoms with Gasteiger partial charge in [0.15, 0.2) is 5.65 Å². The van der Waals surface area contributed by atoms with E-state index in [1.807, 2.05) is 60.8 Å². The van der Waals surface area contributed by atoms with Gasteiger partial charge in [-0.15, -0.1) is 0 Å². The van der Waals surface area contributed by atoms with Gasteiger partial charge in [-0.05, 0) is 67.9 Å². The van der Waals surface area contributed by atoms with E-state index in [4.69, 9.17) is 9.47 Å². The van der Waals surface area contributed by atoms with E-state index < -0.39 is 0 Å². The van der Waals surface area contributed by atoms with E-state index >= 15 is 0 Å². The largest absolute Gasteiger partial charge is 0.494 e. The number of anilines is 1. The van der Waals surface area contributed by atoms with Crippen LogP contribution in [0, 0.1) is 0 Å². The molecule has 0 aliphatic carbocycles. The fourth-order valence-corrected chi connectivity index (χ4v) is 4.21. The summed E-state index contributed by atoms with van der Waals surface area (Å²) in [5.74, 6) is 0.957. The van der Waals surface area contributed by atoms with Crippen LogP contribution in [0.4, 0.5) is 5.69 Å². The molecular weight excluding hydrogens is 456 g/mol. The molecule has 1 amide bonds. The summed E-state index contributed by atoms with van der Waals surface area (Å²) >= 11 is 0. The van der Waals surface area contributed by atoms with Crippen molar-refractivity contribution in [2.75, 3.05) is 18.5 Å². The average Bonchev–Trinajstić information content (AvgIpc) is 3.39. The third-order valence-corrected chi connectivity index (χ3v) is 5.86. The maximum Gasteiger partial charge on any atom is 0.276 e. The van der Waals surface area contributed by atoms with Crippen molar-refractivity contribution in [3.8, 4) is 11.5 Å². The Labute approximate surface area is 207 Å². The van der Waals surface area contributed by atoms with Gasteiger partial charge in [-0.1, -0.05) is 12.1 Å². The molecule has 36 heavy (non-hydrogen) atoms. The van der Waals surface area contributed by atoms with E-state index in [1.165, 1.54) is 0 Å². The lowest BCUT2D eigenvalue weighted by Crippen LogP contribution is -2.24. The Morgan fingerprint density at radius 2 is 1.72 bits per heavy atom. The molecule has 0 aliphatic heterocycles. The predicted octanol–water partition coefficient (Wildman–Crippen LogP) is 4.75. The second-order valence-electron chi connectivity index (χ2n) is 8.18. The van der Waals surface area contributed by atoms with Crippen molar-refractivity contribution in [2.24, 2.45) is 0 Å². The SMILES string of the molecule is CCOc1ccc(OCC)c(NC(=O)c2ccc(Cn3c(=O)c4cccn4c4cccnc43)cc2)c1. The number of hydrogen-bond donors (Lipinski definition) is 1. The van der Waals surface area contributed by atoms with E-state index in [0.717, 1.165) is 11.1 Å². The molecule has 0 saturated heterocycles. The first-order valence-corrected chi connectivity index (χ1v) is 11.8. The standard InChI is InChI=1S/C28H26N4O4/c1-3-35-21-13-14-25(36-4-2)22(17-21)30-27(33)20-11-9-19(10-12-20)18-32-26-23(7-5-15-29-26)31-16-6-8-24(31)28(32)34/h5-17H,3-4,18H2,1-2H3,(H,30,33). The summed E-state index contributed by atoms with van der Waals surface area (Å²) in [6, 6.07) is 20.0. The lowest BCUT2D eigenvalue weighted by molar-refractivity contribution is 0.102. The summed E-state index contributed by atoms with van der Waals surface area (Å²) in [4.78, 5) is 30.6. The third kappa shape index (κ3) is 4.40.